The van der Waals surface area contributed by atoms with Crippen LogP contribution in [-0.4, -0.2) is 49.7 Å². The monoisotopic (exact) mass is 503 g/mol. The molecule has 6 nitrogen and oxygen atoms in total. The first-order valence-corrected chi connectivity index (χ1v) is 14.2. The van der Waals surface area contributed by atoms with Crippen LogP contribution >= 0.6 is 11.6 Å². The van der Waals surface area contributed by atoms with Crippen LogP contribution in [0.4, 0.5) is 0 Å². The number of nitrogens with zero attached hydrogens (tertiary/aromatic N) is 2. The number of carbonyl (C=O) groups excluding carboxylic acids is 1. The Balaban J connectivity index is 1.27. The maximum atomic E-state index is 12.9. The molecule has 2 aromatic carbocycles. The van der Waals surface area contributed by atoms with E-state index in [2.05, 4.69) is 34.5 Å². The maximum absolute atomic E-state index is 12.9. The molecule has 34 heavy (non-hydrogen) atoms. The fraction of sp³-hybridized carbons (Fsp3) is 0.500. The zero-order chi connectivity index (χ0) is 24.0. The van der Waals surface area contributed by atoms with E-state index >= 15 is 0 Å². The Morgan fingerprint density at radius 2 is 1.53 bits per heavy atom. The van der Waals surface area contributed by atoms with Crippen molar-refractivity contribution in [3.63, 3.8) is 0 Å². The van der Waals surface area contributed by atoms with Crippen molar-refractivity contribution in [1.82, 2.24) is 14.5 Å². The van der Waals surface area contributed by atoms with Gasteiger partial charge in [-0.3, -0.25) is 9.69 Å². The largest absolute Gasteiger partial charge is 0.352 e. The van der Waals surface area contributed by atoms with Gasteiger partial charge in [-0.05, 0) is 67.6 Å². The summed E-state index contributed by atoms with van der Waals surface area (Å²) < 4.78 is 27.3. The number of hydrogen-bond donors (Lipinski definition) is 1. The van der Waals surface area contributed by atoms with Crippen LogP contribution in [0.25, 0.3) is 0 Å². The molecule has 1 amide bonds. The molecule has 2 aromatic rings. The van der Waals surface area contributed by atoms with Crippen molar-refractivity contribution in [2.75, 3.05) is 26.2 Å². The number of hydrogen-bond acceptors (Lipinski definition) is 4. The van der Waals surface area contributed by atoms with Gasteiger partial charge >= 0.3 is 0 Å². The number of amides is 1. The first kappa shape index (κ1) is 25.2. The third-order valence-electron chi connectivity index (χ3n) is 6.76. The highest BCUT2D eigenvalue weighted by Gasteiger charge is 2.32. The average Bonchev–Trinajstić information content (AvgIpc) is 2.85. The molecular weight excluding hydrogens is 470 g/mol. The van der Waals surface area contributed by atoms with Gasteiger partial charge in [-0.2, -0.15) is 0 Å². The number of halogens is 1. The SMILES string of the molecule is O=C(NCc1ccc(CN2CCCCC2)cc1)[C@@H]1CCCN(S(=O)(=O)Cc2ccc(Cl)cc2)C1. The van der Waals surface area contributed by atoms with E-state index < -0.39 is 10.0 Å². The molecule has 2 saturated heterocycles. The molecule has 1 atom stereocenters. The highest BCUT2D eigenvalue weighted by atomic mass is 35.5. The third-order valence-corrected chi connectivity index (χ3v) is 8.82. The molecule has 2 heterocycles. The van der Waals surface area contributed by atoms with Gasteiger partial charge in [-0.15, -0.1) is 0 Å². The Labute approximate surface area is 208 Å². The summed E-state index contributed by atoms with van der Waals surface area (Å²) in [7, 11) is -3.49. The van der Waals surface area contributed by atoms with Crippen LogP contribution in [0.15, 0.2) is 48.5 Å². The Morgan fingerprint density at radius 1 is 0.882 bits per heavy atom. The Kier molecular flexibility index (Phi) is 8.64. The molecule has 4 rings (SSSR count). The molecule has 0 aliphatic carbocycles. The molecule has 0 unspecified atom stereocenters. The standard InChI is InChI=1S/C26H34ClN3O3S/c27-25-12-10-23(11-13-25)20-34(32,33)30-16-4-5-24(19-30)26(31)28-17-21-6-8-22(9-7-21)18-29-14-2-1-3-15-29/h6-13,24H,1-5,14-20H2,(H,28,31)/t24-/m1/s1. The van der Waals surface area contributed by atoms with Crippen molar-refractivity contribution in [3.8, 4) is 0 Å². The van der Waals surface area contributed by atoms with Gasteiger partial charge < -0.3 is 5.32 Å². The maximum Gasteiger partial charge on any atom is 0.224 e. The minimum Gasteiger partial charge on any atom is -0.352 e. The second-order valence-corrected chi connectivity index (χ2v) is 11.9. The van der Waals surface area contributed by atoms with E-state index in [4.69, 9.17) is 11.6 Å². The highest BCUT2D eigenvalue weighted by Crippen LogP contribution is 2.22. The van der Waals surface area contributed by atoms with Gasteiger partial charge in [-0.25, -0.2) is 12.7 Å². The fourth-order valence-corrected chi connectivity index (χ4v) is 6.50. The number of nitrogens with one attached hydrogen (secondary N) is 1. The van der Waals surface area contributed by atoms with Gasteiger partial charge in [0.05, 0.1) is 11.7 Å². The molecule has 8 heteroatoms. The van der Waals surface area contributed by atoms with E-state index in [9.17, 15) is 13.2 Å². The minimum atomic E-state index is -3.49. The van der Waals surface area contributed by atoms with Crippen molar-refractivity contribution in [1.29, 1.82) is 0 Å². The summed E-state index contributed by atoms with van der Waals surface area (Å²) in [6.07, 6.45) is 5.29. The van der Waals surface area contributed by atoms with Crippen LogP contribution in [0.1, 0.15) is 48.8 Å². The van der Waals surface area contributed by atoms with Crippen molar-refractivity contribution < 1.29 is 13.2 Å². The molecule has 2 fully saturated rings. The normalized spacial score (nSPS) is 20.2. The molecular formula is C26H34ClN3O3S. The predicted octanol–water partition coefficient (Wildman–Crippen LogP) is 4.18. The van der Waals surface area contributed by atoms with Crippen molar-refractivity contribution in [3.05, 3.63) is 70.2 Å². The first-order valence-electron chi connectivity index (χ1n) is 12.2. The number of carbonyl (C=O) groups is 1. The quantitative estimate of drug-likeness (QED) is 0.586. The summed E-state index contributed by atoms with van der Waals surface area (Å²) in [4.78, 5) is 15.3. The lowest BCUT2D eigenvalue weighted by Crippen LogP contribution is -2.45. The summed E-state index contributed by atoms with van der Waals surface area (Å²) in [5, 5.41) is 3.59. The van der Waals surface area contributed by atoms with Crippen LogP contribution < -0.4 is 5.32 Å². The molecule has 2 aliphatic heterocycles. The van der Waals surface area contributed by atoms with Gasteiger partial charge in [0.2, 0.25) is 15.9 Å². The molecule has 0 bridgehead atoms. The second kappa shape index (κ2) is 11.7. The number of likely N-dealkylation sites (tertiary alicyclic amines) is 1. The van der Waals surface area contributed by atoms with E-state index in [1.165, 1.54) is 42.2 Å². The Morgan fingerprint density at radius 3 is 2.24 bits per heavy atom. The molecule has 0 radical (unpaired) electrons. The Hall–Kier alpha value is -1.93. The van der Waals surface area contributed by atoms with E-state index in [0.717, 1.165) is 12.1 Å². The van der Waals surface area contributed by atoms with E-state index in [1.54, 1.807) is 24.3 Å². The van der Waals surface area contributed by atoms with Crippen molar-refractivity contribution in [2.24, 2.45) is 5.92 Å². The number of piperidine rings is 2. The first-order chi connectivity index (χ1) is 16.4. The number of benzene rings is 2. The van der Waals surface area contributed by atoms with E-state index in [-0.39, 0.29) is 24.1 Å². The van der Waals surface area contributed by atoms with Gasteiger partial charge in [0, 0.05) is 31.2 Å². The zero-order valence-corrected chi connectivity index (χ0v) is 21.2. The molecule has 2 aliphatic rings. The summed E-state index contributed by atoms with van der Waals surface area (Å²) in [6.45, 7) is 4.47. The highest BCUT2D eigenvalue weighted by molar-refractivity contribution is 7.88. The lowest BCUT2D eigenvalue weighted by molar-refractivity contribution is -0.126. The van der Waals surface area contributed by atoms with E-state index in [0.29, 0.717) is 36.5 Å². The zero-order valence-electron chi connectivity index (χ0n) is 19.6. The van der Waals surface area contributed by atoms with Crippen molar-refractivity contribution >= 4 is 27.5 Å². The van der Waals surface area contributed by atoms with Crippen LogP contribution in [0.2, 0.25) is 5.02 Å². The van der Waals surface area contributed by atoms with Crippen LogP contribution in [0.3, 0.4) is 0 Å². The topological polar surface area (TPSA) is 69.7 Å². The van der Waals surface area contributed by atoms with Gasteiger partial charge in [0.25, 0.3) is 0 Å². The second-order valence-electron chi connectivity index (χ2n) is 9.45. The molecule has 1 N–H and O–H groups in total. The van der Waals surface area contributed by atoms with E-state index in [1.807, 2.05) is 0 Å². The third kappa shape index (κ3) is 7.04. The molecule has 0 saturated carbocycles. The van der Waals surface area contributed by atoms with Gasteiger partial charge in [-0.1, -0.05) is 54.4 Å². The summed E-state index contributed by atoms with van der Waals surface area (Å²) in [5.74, 6) is -0.488. The average molecular weight is 504 g/mol. The van der Waals surface area contributed by atoms with Crippen LogP contribution in [0, 0.1) is 5.92 Å². The fourth-order valence-electron chi connectivity index (χ4n) is 4.76. The summed E-state index contributed by atoms with van der Waals surface area (Å²) in [6, 6.07) is 15.3. The van der Waals surface area contributed by atoms with Crippen molar-refractivity contribution in [2.45, 2.75) is 50.9 Å². The van der Waals surface area contributed by atoms with Crippen LogP contribution in [0.5, 0.6) is 0 Å². The Bertz CT molecular complexity index is 1050. The van der Waals surface area contributed by atoms with Gasteiger partial charge in [0.1, 0.15) is 0 Å². The minimum absolute atomic E-state index is 0.0798. The van der Waals surface area contributed by atoms with Crippen LogP contribution in [-0.2, 0) is 33.7 Å². The molecule has 184 valence electrons. The number of rotatable bonds is 8. The lowest BCUT2D eigenvalue weighted by atomic mass is 9.98. The molecule has 0 aromatic heterocycles. The summed E-state index contributed by atoms with van der Waals surface area (Å²) in [5.41, 5.74) is 3.05. The number of sulfonamides is 1. The smallest absolute Gasteiger partial charge is 0.224 e. The lowest BCUT2D eigenvalue weighted by Gasteiger charge is -2.31. The van der Waals surface area contributed by atoms with Gasteiger partial charge in [0.15, 0.2) is 0 Å². The summed E-state index contributed by atoms with van der Waals surface area (Å²) >= 11 is 5.90. The predicted molar refractivity (Wildman–Crippen MR) is 136 cm³/mol. The molecule has 0 spiro atoms.